The molecular formula is C13H22BrN3O2. The summed E-state index contributed by atoms with van der Waals surface area (Å²) in [6, 6.07) is 0. The fourth-order valence-corrected chi connectivity index (χ4v) is 2.24. The van der Waals surface area contributed by atoms with Gasteiger partial charge >= 0.3 is 0 Å². The van der Waals surface area contributed by atoms with Gasteiger partial charge in [0.1, 0.15) is 0 Å². The molecule has 1 atom stereocenters. The summed E-state index contributed by atoms with van der Waals surface area (Å²) < 4.78 is 0.684. The summed E-state index contributed by atoms with van der Waals surface area (Å²) in [5.41, 5.74) is 0.281. The van der Waals surface area contributed by atoms with E-state index in [0.717, 1.165) is 5.69 Å². The molecule has 1 aromatic rings. The molecule has 0 aliphatic carbocycles. The maximum Gasteiger partial charge on any atom is 0.273 e. The van der Waals surface area contributed by atoms with Gasteiger partial charge in [-0.1, -0.05) is 27.7 Å². The lowest BCUT2D eigenvalue weighted by atomic mass is 9.92. The summed E-state index contributed by atoms with van der Waals surface area (Å²) in [4.78, 5) is 12.0. The van der Waals surface area contributed by atoms with E-state index in [1.807, 2.05) is 27.7 Å². The summed E-state index contributed by atoms with van der Waals surface area (Å²) >= 11 is 3.38. The Morgan fingerprint density at radius 3 is 2.47 bits per heavy atom. The molecule has 1 amide bonds. The number of amides is 1. The molecule has 0 radical (unpaired) electrons. The van der Waals surface area contributed by atoms with E-state index >= 15 is 0 Å². The average molecular weight is 332 g/mol. The molecule has 19 heavy (non-hydrogen) atoms. The molecule has 1 rings (SSSR count). The van der Waals surface area contributed by atoms with E-state index < -0.39 is 5.60 Å². The highest BCUT2D eigenvalue weighted by Gasteiger charge is 2.27. The van der Waals surface area contributed by atoms with Gasteiger partial charge in [-0.2, -0.15) is 5.10 Å². The number of H-pyrrole nitrogens is 1. The normalized spacial score (nSPS) is 14.8. The SMILES string of the molecule is CC(C)c1[nH]nc(C(=O)NCC(C)(O)C(C)C)c1Br. The molecule has 0 saturated carbocycles. The van der Waals surface area contributed by atoms with Crippen molar-refractivity contribution in [1.82, 2.24) is 15.5 Å². The molecule has 1 heterocycles. The van der Waals surface area contributed by atoms with Crippen molar-refractivity contribution in [3.63, 3.8) is 0 Å². The van der Waals surface area contributed by atoms with Crippen LogP contribution in [0.25, 0.3) is 0 Å². The van der Waals surface area contributed by atoms with Gasteiger partial charge in [-0.05, 0) is 34.7 Å². The first-order valence-corrected chi connectivity index (χ1v) is 7.20. The summed E-state index contributed by atoms with van der Waals surface area (Å²) in [5.74, 6) is 0.0137. The minimum Gasteiger partial charge on any atom is -0.388 e. The van der Waals surface area contributed by atoms with Crippen LogP contribution in [0.5, 0.6) is 0 Å². The third kappa shape index (κ3) is 3.79. The van der Waals surface area contributed by atoms with Gasteiger partial charge in [-0.15, -0.1) is 0 Å². The zero-order valence-electron chi connectivity index (χ0n) is 12.0. The fourth-order valence-electron chi connectivity index (χ4n) is 1.42. The van der Waals surface area contributed by atoms with Crippen molar-refractivity contribution in [3.8, 4) is 0 Å². The van der Waals surface area contributed by atoms with Crippen LogP contribution in [0, 0.1) is 5.92 Å². The second-order valence-corrected chi connectivity index (χ2v) is 6.44. The lowest BCUT2D eigenvalue weighted by Gasteiger charge is -2.27. The summed E-state index contributed by atoms with van der Waals surface area (Å²) in [5, 5.41) is 19.7. The number of hydrogen-bond donors (Lipinski definition) is 3. The highest BCUT2D eigenvalue weighted by atomic mass is 79.9. The van der Waals surface area contributed by atoms with Gasteiger partial charge in [0.2, 0.25) is 0 Å². The Labute approximate surface area is 122 Å². The molecule has 0 saturated heterocycles. The van der Waals surface area contributed by atoms with Crippen LogP contribution in [-0.2, 0) is 0 Å². The molecule has 3 N–H and O–H groups in total. The van der Waals surface area contributed by atoms with Crippen LogP contribution >= 0.6 is 15.9 Å². The van der Waals surface area contributed by atoms with Crippen LogP contribution in [0.3, 0.4) is 0 Å². The highest BCUT2D eigenvalue weighted by Crippen LogP contribution is 2.25. The zero-order valence-corrected chi connectivity index (χ0v) is 13.6. The second-order valence-electron chi connectivity index (χ2n) is 5.65. The number of rotatable bonds is 5. The van der Waals surface area contributed by atoms with Crippen molar-refractivity contribution < 1.29 is 9.90 Å². The van der Waals surface area contributed by atoms with Gasteiger partial charge in [0, 0.05) is 6.54 Å². The molecule has 0 bridgehead atoms. The monoisotopic (exact) mass is 331 g/mol. The Morgan fingerprint density at radius 1 is 1.47 bits per heavy atom. The molecule has 0 spiro atoms. The molecule has 0 aliphatic heterocycles. The Hall–Kier alpha value is -0.880. The lowest BCUT2D eigenvalue weighted by molar-refractivity contribution is 0.0141. The van der Waals surface area contributed by atoms with E-state index in [-0.39, 0.29) is 24.3 Å². The van der Waals surface area contributed by atoms with Crippen molar-refractivity contribution in [2.75, 3.05) is 6.54 Å². The van der Waals surface area contributed by atoms with Crippen LogP contribution in [0.2, 0.25) is 0 Å². The number of aliphatic hydroxyl groups is 1. The predicted molar refractivity (Wildman–Crippen MR) is 78.2 cm³/mol. The summed E-state index contributed by atoms with van der Waals surface area (Å²) in [7, 11) is 0. The van der Waals surface area contributed by atoms with Gasteiger partial charge in [-0.25, -0.2) is 0 Å². The third-order valence-corrected chi connectivity index (χ3v) is 4.18. The second kappa shape index (κ2) is 6.05. The highest BCUT2D eigenvalue weighted by molar-refractivity contribution is 9.10. The number of nitrogens with one attached hydrogen (secondary N) is 2. The van der Waals surface area contributed by atoms with Gasteiger partial charge in [0.15, 0.2) is 5.69 Å². The van der Waals surface area contributed by atoms with E-state index in [9.17, 15) is 9.90 Å². The number of carbonyl (C=O) groups excluding carboxylic acids is 1. The van der Waals surface area contributed by atoms with Crippen molar-refractivity contribution in [2.45, 2.75) is 46.1 Å². The number of carbonyl (C=O) groups is 1. The van der Waals surface area contributed by atoms with E-state index in [2.05, 4.69) is 31.4 Å². The minimum atomic E-state index is -0.931. The number of aromatic nitrogens is 2. The van der Waals surface area contributed by atoms with E-state index in [1.165, 1.54) is 0 Å². The topological polar surface area (TPSA) is 78.0 Å². The van der Waals surface area contributed by atoms with Crippen LogP contribution < -0.4 is 5.32 Å². The van der Waals surface area contributed by atoms with Crippen LogP contribution in [-0.4, -0.2) is 33.4 Å². The maximum atomic E-state index is 12.0. The number of nitrogens with zero attached hydrogens (tertiary/aromatic N) is 1. The molecular weight excluding hydrogens is 310 g/mol. The maximum absolute atomic E-state index is 12.0. The van der Waals surface area contributed by atoms with E-state index in [0.29, 0.717) is 10.2 Å². The molecule has 0 fully saturated rings. The Morgan fingerprint density at radius 2 is 2.05 bits per heavy atom. The number of aromatic amines is 1. The van der Waals surface area contributed by atoms with Crippen LogP contribution in [0.15, 0.2) is 4.47 Å². The lowest BCUT2D eigenvalue weighted by Crippen LogP contribution is -2.44. The van der Waals surface area contributed by atoms with Gasteiger partial charge in [0.25, 0.3) is 5.91 Å². The quantitative estimate of drug-likeness (QED) is 0.775. The third-order valence-electron chi connectivity index (χ3n) is 3.38. The van der Waals surface area contributed by atoms with E-state index in [1.54, 1.807) is 6.92 Å². The first-order valence-electron chi connectivity index (χ1n) is 6.41. The minimum absolute atomic E-state index is 0.0571. The van der Waals surface area contributed by atoms with E-state index in [4.69, 9.17) is 0 Å². The molecule has 0 aromatic carbocycles. The Balaban J connectivity index is 2.75. The fraction of sp³-hybridized carbons (Fsp3) is 0.692. The molecule has 5 nitrogen and oxygen atoms in total. The molecule has 6 heteroatoms. The number of halogens is 1. The van der Waals surface area contributed by atoms with Gasteiger partial charge in [-0.3, -0.25) is 9.89 Å². The first-order chi connectivity index (χ1) is 8.66. The standard InChI is InChI=1S/C13H22BrN3O2/c1-7(2)10-9(14)11(17-16-10)12(18)15-6-13(5,19)8(3)4/h7-8,19H,6H2,1-5H3,(H,15,18)(H,16,17). The summed E-state index contributed by atoms with van der Waals surface area (Å²) in [6.45, 7) is 9.75. The number of hydrogen-bond acceptors (Lipinski definition) is 3. The van der Waals surface area contributed by atoms with Crippen molar-refractivity contribution >= 4 is 21.8 Å². The molecule has 108 valence electrons. The largest absolute Gasteiger partial charge is 0.388 e. The van der Waals surface area contributed by atoms with Gasteiger partial charge < -0.3 is 10.4 Å². The molecule has 1 unspecified atom stereocenters. The predicted octanol–water partition coefficient (Wildman–Crippen LogP) is 2.43. The van der Waals surface area contributed by atoms with Crippen LogP contribution in [0.1, 0.15) is 56.7 Å². The Kier molecular flexibility index (Phi) is 5.15. The molecule has 0 aliphatic rings. The Bertz CT molecular complexity index is 453. The summed E-state index contributed by atoms with van der Waals surface area (Å²) in [6.07, 6.45) is 0. The van der Waals surface area contributed by atoms with Crippen molar-refractivity contribution in [2.24, 2.45) is 5.92 Å². The average Bonchev–Trinajstić information content (AvgIpc) is 2.68. The molecule has 1 aromatic heterocycles. The van der Waals surface area contributed by atoms with Gasteiger partial charge in [0.05, 0.1) is 15.8 Å². The van der Waals surface area contributed by atoms with Crippen molar-refractivity contribution in [1.29, 1.82) is 0 Å². The van der Waals surface area contributed by atoms with Crippen molar-refractivity contribution in [3.05, 3.63) is 15.9 Å². The van der Waals surface area contributed by atoms with Crippen LogP contribution in [0.4, 0.5) is 0 Å². The first kappa shape index (κ1) is 16.2. The smallest absolute Gasteiger partial charge is 0.273 e. The zero-order chi connectivity index (χ0) is 14.8.